The number of benzene rings is 1. The van der Waals surface area contributed by atoms with Gasteiger partial charge in [-0.05, 0) is 50.7 Å². The number of aliphatic hydroxyl groups is 1. The van der Waals surface area contributed by atoms with Crippen LogP contribution in [0, 0.1) is 31.6 Å². The van der Waals surface area contributed by atoms with Gasteiger partial charge in [0.2, 0.25) is 5.91 Å². The van der Waals surface area contributed by atoms with Crippen molar-refractivity contribution in [2.24, 2.45) is 17.8 Å². The molecule has 1 aromatic rings. The van der Waals surface area contributed by atoms with E-state index in [-0.39, 0.29) is 37.5 Å². The number of ether oxygens (including phenoxy) is 2. The van der Waals surface area contributed by atoms with E-state index in [9.17, 15) is 19.5 Å². The van der Waals surface area contributed by atoms with Crippen molar-refractivity contribution in [3.63, 3.8) is 0 Å². The van der Waals surface area contributed by atoms with Gasteiger partial charge in [0, 0.05) is 12.2 Å². The van der Waals surface area contributed by atoms with Crippen molar-refractivity contribution in [1.29, 1.82) is 0 Å². The van der Waals surface area contributed by atoms with Gasteiger partial charge in [-0.1, -0.05) is 57.2 Å². The minimum Gasteiger partial charge on any atom is -0.461 e. The summed E-state index contributed by atoms with van der Waals surface area (Å²) in [4.78, 5) is 45.8. The zero-order valence-corrected chi connectivity index (χ0v) is 23.8. The molecule has 1 spiro atoms. The Morgan fingerprint density at radius 3 is 2.49 bits per heavy atom. The second kappa shape index (κ2) is 10.9. The van der Waals surface area contributed by atoms with Crippen LogP contribution in [0.25, 0.3) is 0 Å². The number of likely N-dealkylation sites (tertiary alicyclic amines) is 1. The molecule has 2 unspecified atom stereocenters. The molecule has 0 aliphatic carbocycles. The average Bonchev–Trinajstić information content (AvgIpc) is 3.47. The molecule has 8 heteroatoms. The molecule has 3 fully saturated rings. The first kappa shape index (κ1) is 29.0. The molecule has 39 heavy (non-hydrogen) atoms. The van der Waals surface area contributed by atoms with E-state index in [0.29, 0.717) is 19.3 Å². The number of hydrogen-bond acceptors (Lipinski definition) is 6. The van der Waals surface area contributed by atoms with Crippen molar-refractivity contribution in [3.8, 4) is 0 Å². The van der Waals surface area contributed by atoms with Gasteiger partial charge in [0.1, 0.15) is 24.2 Å². The highest BCUT2D eigenvalue weighted by atomic mass is 16.6. The number of esters is 1. The van der Waals surface area contributed by atoms with Gasteiger partial charge in [-0.25, -0.2) is 0 Å². The summed E-state index contributed by atoms with van der Waals surface area (Å²) in [6, 6.07) is 4.21. The molecule has 0 radical (unpaired) electrons. The third kappa shape index (κ3) is 4.42. The predicted octanol–water partition coefficient (Wildman–Crippen LogP) is 3.72. The number of para-hydroxylation sites is 1. The molecule has 1 aromatic carbocycles. The summed E-state index contributed by atoms with van der Waals surface area (Å²) in [6.07, 6.45) is 4.82. The van der Waals surface area contributed by atoms with Gasteiger partial charge in [-0.15, -0.1) is 6.58 Å². The van der Waals surface area contributed by atoms with E-state index in [1.54, 1.807) is 15.9 Å². The van der Waals surface area contributed by atoms with Gasteiger partial charge >= 0.3 is 5.97 Å². The molecule has 0 saturated carbocycles. The van der Waals surface area contributed by atoms with Crippen LogP contribution in [0.1, 0.15) is 51.2 Å². The zero-order chi connectivity index (χ0) is 28.7. The number of aliphatic hydroxyl groups excluding tert-OH is 1. The number of aryl methyl sites for hydroxylation is 2. The lowest BCUT2D eigenvalue weighted by atomic mass is 9.66. The summed E-state index contributed by atoms with van der Waals surface area (Å²) in [6.45, 7) is 17.2. The Hall–Kier alpha value is -2.97. The topological polar surface area (TPSA) is 96.4 Å². The van der Waals surface area contributed by atoms with Crippen LogP contribution in [-0.2, 0) is 23.9 Å². The van der Waals surface area contributed by atoms with E-state index < -0.39 is 41.1 Å². The Morgan fingerprint density at radius 1 is 1.26 bits per heavy atom. The largest absolute Gasteiger partial charge is 0.461 e. The highest BCUT2D eigenvalue weighted by molar-refractivity contribution is 6.05. The Morgan fingerprint density at radius 2 is 1.92 bits per heavy atom. The maximum Gasteiger partial charge on any atom is 0.313 e. The third-order valence-electron chi connectivity index (χ3n) is 9.18. The first-order chi connectivity index (χ1) is 18.5. The monoisotopic (exact) mass is 538 g/mol. The fraction of sp³-hybridized carbons (Fsp3) is 0.581. The van der Waals surface area contributed by atoms with Gasteiger partial charge in [0.25, 0.3) is 5.91 Å². The van der Waals surface area contributed by atoms with E-state index in [1.807, 2.05) is 52.8 Å². The average molecular weight is 539 g/mol. The van der Waals surface area contributed by atoms with Crippen molar-refractivity contribution in [2.75, 3.05) is 24.7 Å². The first-order valence-electron chi connectivity index (χ1n) is 13.9. The molecule has 2 amide bonds. The van der Waals surface area contributed by atoms with Crippen LogP contribution < -0.4 is 4.90 Å². The van der Waals surface area contributed by atoms with Gasteiger partial charge in [-0.3, -0.25) is 14.4 Å². The van der Waals surface area contributed by atoms with E-state index in [0.717, 1.165) is 16.8 Å². The molecule has 0 aromatic heterocycles. The van der Waals surface area contributed by atoms with E-state index in [1.165, 1.54) is 6.08 Å². The van der Waals surface area contributed by atoms with Crippen molar-refractivity contribution in [3.05, 3.63) is 54.6 Å². The predicted molar refractivity (Wildman–Crippen MR) is 149 cm³/mol. The van der Waals surface area contributed by atoms with Crippen LogP contribution in [0.4, 0.5) is 5.69 Å². The SMILES string of the molecule is C=CCOC(=O)[C@@H]1[C@H]2C(=O)N([C@@H](CO)[C@@H](C)CC)C(C(=O)N(CC=C)c3c(C)cccc3C)C23CC[C@@]1(C)O3. The molecule has 4 rings (SSSR count). The normalized spacial score (nSPS) is 30.6. The van der Waals surface area contributed by atoms with Crippen molar-refractivity contribution >= 4 is 23.5 Å². The minimum absolute atomic E-state index is 0.0250. The standard InChI is InChI=1S/C31H42N2O6/c1-8-16-32(25-20(5)12-11-13-21(25)6)28(36)26-31-15-14-30(7,39-31)24(29(37)38-17-9-2)23(31)27(35)33(26)22(18-34)19(4)10-3/h8-9,11-13,19,22-24,26,34H,1-2,10,14-18H2,3-7H3/t19-,22-,23-,24-,26?,30+,31?/m0/s1. The second-order valence-corrected chi connectivity index (χ2v) is 11.5. The number of anilines is 1. The van der Waals surface area contributed by atoms with Crippen LogP contribution >= 0.6 is 0 Å². The summed E-state index contributed by atoms with van der Waals surface area (Å²) in [5, 5.41) is 10.5. The summed E-state index contributed by atoms with van der Waals surface area (Å²) >= 11 is 0. The lowest BCUT2D eigenvalue weighted by Crippen LogP contribution is -2.60. The van der Waals surface area contributed by atoms with Crippen molar-refractivity contribution < 1.29 is 29.0 Å². The number of carbonyl (C=O) groups excluding carboxylic acids is 3. The highest BCUT2D eigenvalue weighted by Gasteiger charge is 2.79. The fourth-order valence-electron chi connectivity index (χ4n) is 7.20. The Balaban J connectivity index is 1.89. The number of hydrogen-bond donors (Lipinski definition) is 1. The Labute approximate surface area is 231 Å². The molecular weight excluding hydrogens is 496 g/mol. The number of nitrogens with zero attached hydrogens (tertiary/aromatic N) is 2. The molecule has 1 N–H and O–H groups in total. The lowest BCUT2D eigenvalue weighted by Gasteiger charge is -2.41. The summed E-state index contributed by atoms with van der Waals surface area (Å²) in [5.74, 6) is -2.98. The molecule has 3 heterocycles. The van der Waals surface area contributed by atoms with Gasteiger partial charge in [-0.2, -0.15) is 0 Å². The zero-order valence-electron chi connectivity index (χ0n) is 23.8. The van der Waals surface area contributed by atoms with Gasteiger partial charge in [0.05, 0.1) is 24.2 Å². The van der Waals surface area contributed by atoms with Crippen molar-refractivity contribution in [2.45, 2.75) is 77.2 Å². The smallest absolute Gasteiger partial charge is 0.313 e. The molecule has 3 saturated heterocycles. The van der Waals surface area contributed by atoms with Crippen LogP contribution in [0.2, 0.25) is 0 Å². The quantitative estimate of drug-likeness (QED) is 0.341. The third-order valence-corrected chi connectivity index (χ3v) is 9.18. The molecular formula is C31H42N2O6. The van der Waals surface area contributed by atoms with Crippen LogP contribution in [0.3, 0.4) is 0 Å². The van der Waals surface area contributed by atoms with E-state index in [2.05, 4.69) is 13.2 Å². The lowest BCUT2D eigenvalue weighted by molar-refractivity contribution is -0.160. The van der Waals surface area contributed by atoms with Gasteiger partial charge in [0.15, 0.2) is 0 Å². The first-order valence-corrected chi connectivity index (χ1v) is 13.9. The number of amides is 2. The van der Waals surface area contributed by atoms with E-state index >= 15 is 0 Å². The van der Waals surface area contributed by atoms with E-state index in [4.69, 9.17) is 9.47 Å². The number of fused-ring (bicyclic) bond motifs is 1. The molecule has 2 bridgehead atoms. The maximum absolute atomic E-state index is 14.8. The second-order valence-electron chi connectivity index (χ2n) is 11.5. The summed E-state index contributed by atoms with van der Waals surface area (Å²) < 4.78 is 12.2. The minimum atomic E-state index is -1.21. The maximum atomic E-state index is 14.8. The molecule has 7 atom stereocenters. The molecule has 3 aliphatic heterocycles. The summed E-state index contributed by atoms with van der Waals surface area (Å²) in [7, 11) is 0. The fourth-order valence-corrected chi connectivity index (χ4v) is 7.20. The van der Waals surface area contributed by atoms with Crippen LogP contribution in [0.15, 0.2) is 43.5 Å². The Kier molecular flexibility index (Phi) is 8.11. The highest BCUT2D eigenvalue weighted by Crippen LogP contribution is 2.64. The number of carbonyl (C=O) groups is 3. The van der Waals surface area contributed by atoms with Crippen LogP contribution in [-0.4, -0.2) is 70.8 Å². The van der Waals surface area contributed by atoms with Gasteiger partial charge < -0.3 is 24.4 Å². The molecule has 212 valence electrons. The Bertz CT molecular complexity index is 1150. The van der Waals surface area contributed by atoms with Crippen LogP contribution in [0.5, 0.6) is 0 Å². The summed E-state index contributed by atoms with van der Waals surface area (Å²) in [5.41, 5.74) is 0.461. The molecule has 3 aliphatic rings. The number of rotatable bonds is 11. The molecule has 8 nitrogen and oxygen atoms in total. The van der Waals surface area contributed by atoms with Crippen molar-refractivity contribution in [1.82, 2.24) is 4.90 Å².